The van der Waals surface area contributed by atoms with Crippen LogP contribution in [0.4, 0.5) is 5.69 Å². The SMILES string of the molecule is C[C@H](NC(=O)COc1ccc(S(=O)(=O)Nc2ccc(Cl)cc2)cc1)c1ccccc1. The van der Waals surface area contributed by atoms with E-state index in [4.69, 9.17) is 16.3 Å². The van der Waals surface area contributed by atoms with Crippen molar-refractivity contribution in [1.82, 2.24) is 5.32 Å². The third-order valence-electron chi connectivity index (χ3n) is 4.28. The normalized spacial score (nSPS) is 12.1. The van der Waals surface area contributed by atoms with Crippen LogP contribution < -0.4 is 14.8 Å². The van der Waals surface area contributed by atoms with E-state index in [1.54, 1.807) is 24.3 Å². The largest absolute Gasteiger partial charge is 0.484 e. The molecule has 0 aliphatic rings. The summed E-state index contributed by atoms with van der Waals surface area (Å²) in [5, 5.41) is 3.37. The van der Waals surface area contributed by atoms with Crippen LogP contribution >= 0.6 is 11.6 Å². The highest BCUT2D eigenvalue weighted by Gasteiger charge is 2.15. The summed E-state index contributed by atoms with van der Waals surface area (Å²) in [7, 11) is -3.75. The Kier molecular flexibility index (Phi) is 6.97. The summed E-state index contributed by atoms with van der Waals surface area (Å²) in [6.45, 7) is 1.72. The van der Waals surface area contributed by atoms with E-state index in [9.17, 15) is 13.2 Å². The van der Waals surface area contributed by atoms with Crippen LogP contribution in [0.2, 0.25) is 5.02 Å². The molecule has 0 saturated carbocycles. The molecule has 3 aromatic carbocycles. The van der Waals surface area contributed by atoms with E-state index >= 15 is 0 Å². The van der Waals surface area contributed by atoms with Crippen LogP contribution in [0.25, 0.3) is 0 Å². The maximum absolute atomic E-state index is 12.5. The van der Waals surface area contributed by atoms with E-state index < -0.39 is 10.0 Å². The van der Waals surface area contributed by atoms with Crippen LogP contribution in [0, 0.1) is 0 Å². The molecule has 156 valence electrons. The number of ether oxygens (including phenoxy) is 1. The Hall–Kier alpha value is -3.03. The first-order chi connectivity index (χ1) is 14.3. The lowest BCUT2D eigenvalue weighted by Crippen LogP contribution is -2.31. The quantitative estimate of drug-likeness (QED) is 0.539. The molecule has 0 bridgehead atoms. The van der Waals surface area contributed by atoms with Crippen molar-refractivity contribution in [3.8, 4) is 5.75 Å². The molecule has 2 N–H and O–H groups in total. The van der Waals surface area contributed by atoms with E-state index in [0.29, 0.717) is 16.5 Å². The summed E-state index contributed by atoms with van der Waals surface area (Å²) in [6, 6.07) is 21.6. The predicted octanol–water partition coefficient (Wildman–Crippen LogP) is 4.40. The van der Waals surface area contributed by atoms with Crippen molar-refractivity contribution in [2.45, 2.75) is 17.9 Å². The van der Waals surface area contributed by atoms with E-state index in [0.717, 1.165) is 5.56 Å². The topological polar surface area (TPSA) is 84.5 Å². The molecule has 0 radical (unpaired) electrons. The Morgan fingerprint density at radius 1 is 0.967 bits per heavy atom. The smallest absolute Gasteiger partial charge is 0.261 e. The van der Waals surface area contributed by atoms with Gasteiger partial charge in [-0.1, -0.05) is 41.9 Å². The number of hydrogen-bond acceptors (Lipinski definition) is 4. The monoisotopic (exact) mass is 444 g/mol. The number of hydrogen-bond donors (Lipinski definition) is 2. The van der Waals surface area contributed by atoms with E-state index in [1.807, 2.05) is 37.3 Å². The molecule has 1 atom stereocenters. The van der Waals surface area contributed by atoms with Gasteiger partial charge in [-0.15, -0.1) is 0 Å². The van der Waals surface area contributed by atoms with Crippen molar-refractivity contribution in [2.75, 3.05) is 11.3 Å². The fourth-order valence-electron chi connectivity index (χ4n) is 2.70. The van der Waals surface area contributed by atoms with E-state index in [2.05, 4.69) is 10.0 Å². The molecule has 0 spiro atoms. The van der Waals surface area contributed by atoms with Gasteiger partial charge >= 0.3 is 0 Å². The Morgan fingerprint density at radius 3 is 2.23 bits per heavy atom. The van der Waals surface area contributed by atoms with Gasteiger partial charge in [-0.25, -0.2) is 8.42 Å². The van der Waals surface area contributed by atoms with Gasteiger partial charge in [-0.3, -0.25) is 9.52 Å². The summed E-state index contributed by atoms with van der Waals surface area (Å²) in [4.78, 5) is 12.2. The second kappa shape index (κ2) is 9.65. The molecule has 0 fully saturated rings. The number of nitrogens with one attached hydrogen (secondary N) is 2. The van der Waals surface area contributed by atoms with Gasteiger partial charge in [-0.2, -0.15) is 0 Å². The summed E-state index contributed by atoms with van der Waals surface area (Å²) in [5.74, 6) is 0.121. The Morgan fingerprint density at radius 2 is 1.60 bits per heavy atom. The standard InChI is InChI=1S/C22H21ClN2O4S/c1-16(17-5-3-2-4-6-17)24-22(26)15-29-20-11-13-21(14-12-20)30(27,28)25-19-9-7-18(23)8-10-19/h2-14,16,25H,15H2,1H3,(H,24,26)/t16-/m0/s1. The van der Waals surface area contributed by atoms with Crippen LogP contribution in [-0.2, 0) is 14.8 Å². The molecule has 6 nitrogen and oxygen atoms in total. The molecule has 0 aliphatic carbocycles. The minimum atomic E-state index is -3.75. The zero-order valence-corrected chi connectivity index (χ0v) is 17.8. The van der Waals surface area contributed by atoms with Gasteiger partial charge in [0.15, 0.2) is 6.61 Å². The van der Waals surface area contributed by atoms with E-state index in [-0.39, 0.29) is 23.5 Å². The first-order valence-corrected chi connectivity index (χ1v) is 11.1. The molecule has 8 heteroatoms. The second-order valence-corrected chi connectivity index (χ2v) is 8.69. The minimum absolute atomic E-state index is 0.0759. The first kappa shape index (κ1) is 21.7. The lowest BCUT2D eigenvalue weighted by molar-refractivity contribution is -0.123. The third-order valence-corrected chi connectivity index (χ3v) is 5.93. The van der Waals surface area contributed by atoms with Gasteiger partial charge < -0.3 is 10.1 Å². The van der Waals surface area contributed by atoms with Gasteiger partial charge in [0.2, 0.25) is 0 Å². The first-order valence-electron chi connectivity index (χ1n) is 9.19. The number of amides is 1. The fraction of sp³-hybridized carbons (Fsp3) is 0.136. The van der Waals surface area contributed by atoms with E-state index in [1.165, 1.54) is 24.3 Å². The summed E-state index contributed by atoms with van der Waals surface area (Å²) in [6.07, 6.45) is 0. The van der Waals surface area contributed by atoms with Gasteiger partial charge in [0.05, 0.1) is 10.9 Å². The Bertz CT molecular complexity index is 1090. The van der Waals surface area contributed by atoms with Crippen molar-refractivity contribution in [3.63, 3.8) is 0 Å². The Labute approximate surface area is 180 Å². The number of carbonyl (C=O) groups is 1. The van der Waals surface area contributed by atoms with Gasteiger partial charge in [-0.05, 0) is 61.0 Å². The number of carbonyl (C=O) groups excluding carboxylic acids is 1. The number of halogens is 1. The lowest BCUT2D eigenvalue weighted by Gasteiger charge is -2.15. The third kappa shape index (κ3) is 5.98. The average molecular weight is 445 g/mol. The molecule has 0 saturated heterocycles. The zero-order valence-electron chi connectivity index (χ0n) is 16.2. The molecular formula is C22H21ClN2O4S. The van der Waals surface area contributed by atoms with Gasteiger partial charge in [0.1, 0.15) is 5.75 Å². The molecule has 1 amide bonds. The highest BCUT2D eigenvalue weighted by molar-refractivity contribution is 7.92. The Balaban J connectivity index is 1.55. The summed E-state index contributed by atoms with van der Waals surface area (Å²) >= 11 is 5.81. The number of rotatable bonds is 8. The van der Waals surface area contributed by atoms with Crippen molar-refractivity contribution in [2.24, 2.45) is 0 Å². The minimum Gasteiger partial charge on any atom is -0.484 e. The van der Waals surface area contributed by atoms with Crippen molar-refractivity contribution in [1.29, 1.82) is 0 Å². The maximum atomic E-state index is 12.5. The molecule has 3 rings (SSSR count). The second-order valence-electron chi connectivity index (χ2n) is 6.57. The molecule has 0 aliphatic heterocycles. The number of sulfonamides is 1. The highest BCUT2D eigenvalue weighted by atomic mass is 35.5. The van der Waals surface area contributed by atoms with Crippen molar-refractivity contribution < 1.29 is 17.9 Å². The van der Waals surface area contributed by atoms with Gasteiger partial charge in [0.25, 0.3) is 15.9 Å². The molecular weight excluding hydrogens is 424 g/mol. The van der Waals surface area contributed by atoms with Crippen LogP contribution in [0.3, 0.4) is 0 Å². The molecule has 3 aromatic rings. The van der Waals surface area contributed by atoms with Gasteiger partial charge in [0, 0.05) is 10.7 Å². The molecule has 0 heterocycles. The summed E-state index contributed by atoms with van der Waals surface area (Å²) < 4.78 is 32.9. The van der Waals surface area contributed by atoms with Crippen LogP contribution in [0.15, 0.2) is 83.8 Å². The van der Waals surface area contributed by atoms with Crippen LogP contribution in [0.5, 0.6) is 5.75 Å². The average Bonchev–Trinajstić information content (AvgIpc) is 2.74. The van der Waals surface area contributed by atoms with Crippen LogP contribution in [0.1, 0.15) is 18.5 Å². The molecule has 30 heavy (non-hydrogen) atoms. The van der Waals surface area contributed by atoms with Crippen LogP contribution in [-0.4, -0.2) is 20.9 Å². The summed E-state index contributed by atoms with van der Waals surface area (Å²) in [5.41, 5.74) is 1.40. The predicted molar refractivity (Wildman–Crippen MR) is 117 cm³/mol. The molecule has 0 unspecified atom stereocenters. The molecule has 0 aromatic heterocycles. The zero-order chi connectivity index (χ0) is 21.6. The highest BCUT2D eigenvalue weighted by Crippen LogP contribution is 2.20. The lowest BCUT2D eigenvalue weighted by atomic mass is 10.1. The maximum Gasteiger partial charge on any atom is 0.261 e. The number of anilines is 1. The number of benzene rings is 3. The van der Waals surface area contributed by atoms with Crippen molar-refractivity contribution in [3.05, 3.63) is 89.4 Å². The van der Waals surface area contributed by atoms with Crippen molar-refractivity contribution >= 4 is 33.2 Å². The fourth-order valence-corrected chi connectivity index (χ4v) is 3.89.